The minimum absolute atomic E-state index is 1.03. The Labute approximate surface area is 225 Å². The van der Waals surface area contributed by atoms with Gasteiger partial charge >= 0.3 is 0 Å². The van der Waals surface area contributed by atoms with Gasteiger partial charge in [-0.1, -0.05) is 220 Å². The number of hydrogen-bond acceptors (Lipinski definition) is 0. The van der Waals surface area contributed by atoms with Gasteiger partial charge in [0.15, 0.2) is 0 Å². The molecular weight excluding hydrogens is 420 g/mol. The van der Waals surface area contributed by atoms with E-state index in [0.29, 0.717) is 0 Å². The Morgan fingerprint density at radius 1 is 0.229 bits per heavy atom. The predicted molar refractivity (Wildman–Crippen MR) is 164 cm³/mol. The first-order valence-corrected chi connectivity index (χ1v) is 17.3. The van der Waals surface area contributed by atoms with Crippen molar-refractivity contribution in [2.24, 2.45) is 5.92 Å². The molecule has 1 unspecified atom stereocenters. The van der Waals surface area contributed by atoms with Crippen molar-refractivity contribution in [2.45, 2.75) is 220 Å². The van der Waals surface area contributed by atoms with Gasteiger partial charge < -0.3 is 0 Å². The lowest BCUT2D eigenvalue weighted by Gasteiger charge is -2.16. The molecule has 0 saturated heterocycles. The maximum absolute atomic E-state index is 2.39. The molecule has 0 nitrogen and oxygen atoms in total. The molecule has 0 bridgehead atoms. The summed E-state index contributed by atoms with van der Waals surface area (Å²) in [4.78, 5) is 0. The van der Waals surface area contributed by atoms with Crippen LogP contribution in [0.5, 0.6) is 0 Å². The van der Waals surface area contributed by atoms with Gasteiger partial charge in [0.1, 0.15) is 0 Å². The van der Waals surface area contributed by atoms with Gasteiger partial charge in [0.2, 0.25) is 0 Å². The predicted octanol–water partition coefficient (Wildman–Crippen LogP) is 13.8. The molecular formula is C35H72. The summed E-state index contributed by atoms with van der Waals surface area (Å²) in [6.45, 7) is 7.01. The van der Waals surface area contributed by atoms with Crippen LogP contribution in [0.3, 0.4) is 0 Å². The summed E-state index contributed by atoms with van der Waals surface area (Å²) in [5, 5.41) is 0. The first-order chi connectivity index (χ1) is 17.3. The van der Waals surface area contributed by atoms with Gasteiger partial charge in [0.05, 0.1) is 0 Å². The Kier molecular flexibility index (Phi) is 32.0. The van der Waals surface area contributed by atoms with Gasteiger partial charge in [-0.3, -0.25) is 0 Å². The summed E-state index contributed by atoms with van der Waals surface area (Å²) in [7, 11) is 0. The standard InChI is InChI=1S/C35H72/c1-4-7-9-11-13-15-16-17-18-19-20-21-22-23-25-27-29-31-34-35(32-6-3)33-30-28-26-24-14-12-10-8-5-2/h35H,4-34H2,1-3H3. The van der Waals surface area contributed by atoms with Crippen LogP contribution < -0.4 is 0 Å². The third-order valence-corrected chi connectivity index (χ3v) is 8.38. The Balaban J connectivity index is 3.33. The third kappa shape index (κ3) is 30.1. The van der Waals surface area contributed by atoms with E-state index >= 15 is 0 Å². The number of hydrogen-bond donors (Lipinski definition) is 0. The smallest absolute Gasteiger partial charge is 0.0414 e. The van der Waals surface area contributed by atoms with Gasteiger partial charge in [-0.15, -0.1) is 0 Å². The lowest BCUT2D eigenvalue weighted by atomic mass is 9.90. The zero-order valence-corrected chi connectivity index (χ0v) is 25.5. The Hall–Kier alpha value is 0. The molecule has 0 aromatic rings. The fraction of sp³-hybridized carbons (Fsp3) is 1.00. The maximum Gasteiger partial charge on any atom is -0.0414 e. The summed E-state index contributed by atoms with van der Waals surface area (Å²) in [5.74, 6) is 1.03. The molecule has 0 rings (SSSR count). The lowest BCUT2D eigenvalue weighted by Crippen LogP contribution is -2.00. The minimum Gasteiger partial charge on any atom is -0.0654 e. The summed E-state index contributed by atoms with van der Waals surface area (Å²) >= 11 is 0. The molecule has 0 N–H and O–H groups in total. The molecule has 1 atom stereocenters. The van der Waals surface area contributed by atoms with E-state index in [0.717, 1.165) is 5.92 Å². The third-order valence-electron chi connectivity index (χ3n) is 8.38. The van der Waals surface area contributed by atoms with Crippen molar-refractivity contribution in [1.29, 1.82) is 0 Å². The van der Waals surface area contributed by atoms with E-state index < -0.39 is 0 Å². The van der Waals surface area contributed by atoms with Crippen molar-refractivity contribution in [2.75, 3.05) is 0 Å². The molecule has 35 heavy (non-hydrogen) atoms. The van der Waals surface area contributed by atoms with Crippen LogP contribution in [0.1, 0.15) is 220 Å². The second-order valence-corrected chi connectivity index (χ2v) is 12.1. The molecule has 0 aliphatic carbocycles. The van der Waals surface area contributed by atoms with E-state index in [-0.39, 0.29) is 0 Å². The Morgan fingerprint density at radius 3 is 0.686 bits per heavy atom. The molecule has 0 saturated carbocycles. The van der Waals surface area contributed by atoms with Crippen molar-refractivity contribution < 1.29 is 0 Å². The monoisotopic (exact) mass is 493 g/mol. The molecule has 0 spiro atoms. The molecule has 0 heterocycles. The molecule has 0 aliphatic rings. The van der Waals surface area contributed by atoms with Crippen molar-refractivity contribution in [3.8, 4) is 0 Å². The van der Waals surface area contributed by atoms with Gasteiger partial charge in [0.25, 0.3) is 0 Å². The second kappa shape index (κ2) is 32.0. The average molecular weight is 493 g/mol. The van der Waals surface area contributed by atoms with E-state index in [1.807, 2.05) is 0 Å². The van der Waals surface area contributed by atoms with Crippen LogP contribution in [0.15, 0.2) is 0 Å². The van der Waals surface area contributed by atoms with E-state index in [2.05, 4.69) is 20.8 Å². The minimum atomic E-state index is 1.03. The second-order valence-electron chi connectivity index (χ2n) is 12.1. The normalized spacial score (nSPS) is 12.4. The van der Waals surface area contributed by atoms with Crippen molar-refractivity contribution in [3.63, 3.8) is 0 Å². The zero-order chi connectivity index (χ0) is 25.5. The fourth-order valence-electron chi connectivity index (χ4n) is 5.92. The average Bonchev–Trinajstić information content (AvgIpc) is 2.86. The van der Waals surface area contributed by atoms with Crippen LogP contribution in [0, 0.1) is 5.92 Å². The topological polar surface area (TPSA) is 0 Å². The summed E-state index contributed by atoms with van der Waals surface area (Å²) in [6.07, 6.45) is 45.8. The largest absolute Gasteiger partial charge is 0.0654 e. The highest BCUT2D eigenvalue weighted by atomic mass is 14.1. The first-order valence-electron chi connectivity index (χ1n) is 17.3. The summed E-state index contributed by atoms with van der Waals surface area (Å²) in [6, 6.07) is 0. The highest BCUT2D eigenvalue weighted by molar-refractivity contribution is 4.61. The van der Waals surface area contributed by atoms with Gasteiger partial charge in [-0.2, -0.15) is 0 Å². The van der Waals surface area contributed by atoms with Crippen LogP contribution in [0.2, 0.25) is 0 Å². The molecule has 0 heteroatoms. The van der Waals surface area contributed by atoms with Gasteiger partial charge in [-0.25, -0.2) is 0 Å². The quantitative estimate of drug-likeness (QED) is 0.0844. The van der Waals surface area contributed by atoms with Crippen LogP contribution in [-0.2, 0) is 0 Å². The van der Waals surface area contributed by atoms with Gasteiger partial charge in [-0.05, 0) is 5.92 Å². The van der Waals surface area contributed by atoms with Crippen LogP contribution >= 0.6 is 0 Å². The Morgan fingerprint density at radius 2 is 0.457 bits per heavy atom. The van der Waals surface area contributed by atoms with E-state index in [1.165, 1.54) is 199 Å². The zero-order valence-electron chi connectivity index (χ0n) is 25.5. The SMILES string of the molecule is CCCCCCCCCCCCCCCCCCCCC(CCC)CCCCCCCCCCC. The van der Waals surface area contributed by atoms with Crippen molar-refractivity contribution in [3.05, 3.63) is 0 Å². The fourth-order valence-corrected chi connectivity index (χ4v) is 5.92. The number of rotatable bonds is 31. The van der Waals surface area contributed by atoms with E-state index in [9.17, 15) is 0 Å². The highest BCUT2D eigenvalue weighted by Crippen LogP contribution is 2.23. The Bertz CT molecular complexity index is 346. The van der Waals surface area contributed by atoms with Gasteiger partial charge in [0, 0.05) is 0 Å². The highest BCUT2D eigenvalue weighted by Gasteiger charge is 2.07. The van der Waals surface area contributed by atoms with Crippen molar-refractivity contribution >= 4 is 0 Å². The molecule has 212 valence electrons. The molecule has 0 aromatic heterocycles. The van der Waals surface area contributed by atoms with E-state index in [4.69, 9.17) is 0 Å². The molecule has 0 fully saturated rings. The number of unbranched alkanes of at least 4 members (excludes halogenated alkanes) is 25. The van der Waals surface area contributed by atoms with Crippen LogP contribution in [0.25, 0.3) is 0 Å². The summed E-state index contributed by atoms with van der Waals surface area (Å²) in [5.41, 5.74) is 0. The molecule has 0 radical (unpaired) electrons. The van der Waals surface area contributed by atoms with Crippen LogP contribution in [-0.4, -0.2) is 0 Å². The molecule has 0 aromatic carbocycles. The maximum atomic E-state index is 2.39. The molecule has 0 aliphatic heterocycles. The first kappa shape index (κ1) is 35.0. The van der Waals surface area contributed by atoms with Crippen molar-refractivity contribution in [1.82, 2.24) is 0 Å². The lowest BCUT2D eigenvalue weighted by molar-refractivity contribution is 0.376. The van der Waals surface area contributed by atoms with E-state index in [1.54, 1.807) is 0 Å². The molecule has 0 amide bonds. The van der Waals surface area contributed by atoms with Crippen LogP contribution in [0.4, 0.5) is 0 Å². The summed E-state index contributed by atoms with van der Waals surface area (Å²) < 4.78 is 0.